The number of nitrogen functional groups attached to an aromatic ring is 1. The summed E-state index contributed by atoms with van der Waals surface area (Å²) in [5.41, 5.74) is 12.8. The Labute approximate surface area is 131 Å². The molecular formula is C15H16BrN3O2. The fourth-order valence-electron chi connectivity index (χ4n) is 1.88. The molecule has 5 nitrogen and oxygen atoms in total. The van der Waals surface area contributed by atoms with Gasteiger partial charge in [-0.2, -0.15) is 0 Å². The van der Waals surface area contributed by atoms with Gasteiger partial charge in [0.05, 0.1) is 11.3 Å². The summed E-state index contributed by atoms with van der Waals surface area (Å²) in [5, 5.41) is 3.13. The highest BCUT2D eigenvalue weighted by atomic mass is 79.9. The van der Waals surface area contributed by atoms with E-state index < -0.39 is 5.91 Å². The van der Waals surface area contributed by atoms with E-state index in [2.05, 4.69) is 21.2 Å². The number of carbonyl (C=O) groups excluding carboxylic acids is 1. The molecule has 0 saturated carbocycles. The molecule has 0 aliphatic carbocycles. The van der Waals surface area contributed by atoms with Crippen molar-refractivity contribution < 1.29 is 9.53 Å². The number of carbonyl (C=O) groups is 1. The number of nitrogens with one attached hydrogen (secondary N) is 1. The summed E-state index contributed by atoms with van der Waals surface area (Å²) in [4.78, 5) is 11.4. The highest BCUT2D eigenvalue weighted by Gasteiger charge is 2.11. The first-order valence-corrected chi connectivity index (χ1v) is 7.18. The normalized spacial score (nSPS) is 10.1. The van der Waals surface area contributed by atoms with Crippen LogP contribution in [0.15, 0.2) is 46.9 Å². The van der Waals surface area contributed by atoms with Gasteiger partial charge in [-0.1, -0.05) is 18.2 Å². The number of hydrogen-bond acceptors (Lipinski definition) is 4. The van der Waals surface area contributed by atoms with E-state index in [1.54, 1.807) is 18.2 Å². The molecule has 0 atom stereocenters. The standard InChI is InChI=1S/C15H16BrN3O2/c16-10-4-3-6-12(14(10)15(18)20)19-8-9-21-13-7-2-1-5-11(13)17/h1-7,19H,8-9,17H2,(H2,18,20). The summed E-state index contributed by atoms with van der Waals surface area (Å²) >= 11 is 3.31. The maximum atomic E-state index is 11.4. The number of halogens is 1. The number of ether oxygens (including phenoxy) is 1. The van der Waals surface area contributed by atoms with E-state index in [0.717, 1.165) is 0 Å². The number of nitrogens with two attached hydrogens (primary N) is 2. The van der Waals surface area contributed by atoms with Crippen LogP contribution in [0.5, 0.6) is 5.75 Å². The highest BCUT2D eigenvalue weighted by molar-refractivity contribution is 9.10. The molecule has 1 amide bonds. The van der Waals surface area contributed by atoms with Crippen molar-refractivity contribution >= 4 is 33.2 Å². The van der Waals surface area contributed by atoms with Crippen molar-refractivity contribution in [3.05, 3.63) is 52.5 Å². The second kappa shape index (κ2) is 6.99. The zero-order chi connectivity index (χ0) is 15.2. The van der Waals surface area contributed by atoms with Crippen molar-refractivity contribution in [1.29, 1.82) is 0 Å². The lowest BCUT2D eigenvalue weighted by Crippen LogP contribution is -2.18. The van der Waals surface area contributed by atoms with Crippen molar-refractivity contribution in [1.82, 2.24) is 0 Å². The van der Waals surface area contributed by atoms with E-state index in [4.69, 9.17) is 16.2 Å². The Kier molecular flexibility index (Phi) is 5.05. The maximum absolute atomic E-state index is 11.4. The molecule has 0 saturated heterocycles. The van der Waals surface area contributed by atoms with E-state index in [1.165, 1.54) is 0 Å². The smallest absolute Gasteiger partial charge is 0.251 e. The third kappa shape index (κ3) is 3.88. The molecule has 0 bridgehead atoms. The number of benzene rings is 2. The number of primary amides is 1. The molecule has 0 aliphatic heterocycles. The molecule has 0 heterocycles. The predicted octanol–water partition coefficient (Wildman–Crippen LogP) is 2.62. The number of para-hydroxylation sites is 2. The Bertz CT molecular complexity index is 647. The first kappa shape index (κ1) is 15.2. The molecule has 6 heteroatoms. The molecule has 0 unspecified atom stereocenters. The third-order valence-electron chi connectivity index (χ3n) is 2.85. The van der Waals surface area contributed by atoms with Gasteiger partial charge in [-0.25, -0.2) is 0 Å². The van der Waals surface area contributed by atoms with Crippen LogP contribution in [-0.4, -0.2) is 19.1 Å². The summed E-state index contributed by atoms with van der Waals surface area (Å²) in [6, 6.07) is 12.7. The first-order valence-electron chi connectivity index (χ1n) is 6.39. The summed E-state index contributed by atoms with van der Waals surface area (Å²) in [7, 11) is 0. The molecule has 2 aromatic rings. The third-order valence-corrected chi connectivity index (χ3v) is 3.51. The quantitative estimate of drug-likeness (QED) is 0.552. The predicted molar refractivity (Wildman–Crippen MR) is 87.5 cm³/mol. The van der Waals surface area contributed by atoms with Crippen LogP contribution in [0.4, 0.5) is 11.4 Å². The minimum Gasteiger partial charge on any atom is -0.490 e. The lowest BCUT2D eigenvalue weighted by atomic mass is 10.1. The van der Waals surface area contributed by atoms with Gasteiger partial charge in [0.25, 0.3) is 5.91 Å². The van der Waals surface area contributed by atoms with Crippen molar-refractivity contribution in [3.63, 3.8) is 0 Å². The summed E-state index contributed by atoms with van der Waals surface area (Å²) < 4.78 is 6.23. The second-order valence-electron chi connectivity index (χ2n) is 4.34. The maximum Gasteiger partial charge on any atom is 0.251 e. The van der Waals surface area contributed by atoms with Gasteiger partial charge in [0.2, 0.25) is 0 Å². The SMILES string of the molecule is NC(=O)c1c(Br)cccc1NCCOc1ccccc1N. The van der Waals surface area contributed by atoms with Gasteiger partial charge in [-0.15, -0.1) is 0 Å². The fourth-order valence-corrected chi connectivity index (χ4v) is 2.44. The van der Waals surface area contributed by atoms with Gasteiger partial charge >= 0.3 is 0 Å². The van der Waals surface area contributed by atoms with E-state index in [0.29, 0.717) is 40.3 Å². The Morgan fingerprint density at radius 1 is 1.19 bits per heavy atom. The van der Waals surface area contributed by atoms with Crippen molar-refractivity contribution in [2.24, 2.45) is 5.73 Å². The van der Waals surface area contributed by atoms with E-state index in [9.17, 15) is 4.79 Å². The van der Waals surface area contributed by atoms with Crippen LogP contribution in [0, 0.1) is 0 Å². The lowest BCUT2D eigenvalue weighted by Gasteiger charge is -2.13. The second-order valence-corrected chi connectivity index (χ2v) is 5.19. The molecule has 0 aliphatic rings. The Morgan fingerprint density at radius 3 is 2.67 bits per heavy atom. The van der Waals surface area contributed by atoms with E-state index in [1.807, 2.05) is 24.3 Å². The molecule has 0 radical (unpaired) electrons. The van der Waals surface area contributed by atoms with Crippen molar-refractivity contribution in [3.8, 4) is 5.75 Å². The van der Waals surface area contributed by atoms with Crippen LogP contribution in [0.25, 0.3) is 0 Å². The Hall–Kier alpha value is -2.21. The van der Waals surface area contributed by atoms with Crippen LogP contribution in [0.1, 0.15) is 10.4 Å². The van der Waals surface area contributed by atoms with Crippen molar-refractivity contribution in [2.45, 2.75) is 0 Å². The van der Waals surface area contributed by atoms with Crippen LogP contribution in [0.3, 0.4) is 0 Å². The van der Waals surface area contributed by atoms with Gasteiger partial charge in [0.15, 0.2) is 0 Å². The molecule has 5 N–H and O–H groups in total. The monoisotopic (exact) mass is 349 g/mol. The largest absolute Gasteiger partial charge is 0.490 e. The average molecular weight is 350 g/mol. The number of rotatable bonds is 6. The van der Waals surface area contributed by atoms with Crippen LogP contribution in [-0.2, 0) is 0 Å². The molecule has 0 fully saturated rings. The molecular weight excluding hydrogens is 334 g/mol. The molecule has 110 valence electrons. The summed E-state index contributed by atoms with van der Waals surface area (Å²) in [5.74, 6) is 0.155. The number of amides is 1. The van der Waals surface area contributed by atoms with E-state index in [-0.39, 0.29) is 0 Å². The van der Waals surface area contributed by atoms with Crippen LogP contribution < -0.4 is 21.5 Å². The van der Waals surface area contributed by atoms with Gasteiger partial charge in [-0.05, 0) is 40.2 Å². The van der Waals surface area contributed by atoms with Gasteiger partial charge in [0.1, 0.15) is 12.4 Å². The van der Waals surface area contributed by atoms with Gasteiger partial charge in [0, 0.05) is 16.7 Å². The number of anilines is 2. The van der Waals surface area contributed by atoms with Crippen LogP contribution >= 0.6 is 15.9 Å². The van der Waals surface area contributed by atoms with E-state index >= 15 is 0 Å². The molecule has 0 spiro atoms. The van der Waals surface area contributed by atoms with Crippen molar-refractivity contribution in [2.75, 3.05) is 24.2 Å². The zero-order valence-electron chi connectivity index (χ0n) is 11.3. The summed E-state index contributed by atoms with van der Waals surface area (Å²) in [6.45, 7) is 0.935. The Morgan fingerprint density at radius 2 is 1.95 bits per heavy atom. The molecule has 2 aromatic carbocycles. The fraction of sp³-hybridized carbons (Fsp3) is 0.133. The topological polar surface area (TPSA) is 90.4 Å². The zero-order valence-corrected chi connectivity index (χ0v) is 12.9. The van der Waals surface area contributed by atoms with Gasteiger partial charge in [-0.3, -0.25) is 4.79 Å². The molecule has 2 rings (SSSR count). The number of hydrogen-bond donors (Lipinski definition) is 3. The van der Waals surface area contributed by atoms with Gasteiger partial charge < -0.3 is 21.5 Å². The molecule has 21 heavy (non-hydrogen) atoms. The summed E-state index contributed by atoms with van der Waals surface area (Å²) in [6.07, 6.45) is 0. The Balaban J connectivity index is 1.94. The van der Waals surface area contributed by atoms with Crippen LogP contribution in [0.2, 0.25) is 0 Å². The lowest BCUT2D eigenvalue weighted by molar-refractivity contribution is 0.100. The first-order chi connectivity index (χ1) is 10.1. The minimum atomic E-state index is -0.488. The minimum absolute atomic E-state index is 0.416. The average Bonchev–Trinajstić information content (AvgIpc) is 2.45. The molecule has 0 aromatic heterocycles. The highest BCUT2D eigenvalue weighted by Crippen LogP contribution is 2.24.